The Morgan fingerprint density at radius 3 is 2.27 bits per heavy atom. The predicted molar refractivity (Wildman–Crippen MR) is 125 cm³/mol. The van der Waals surface area contributed by atoms with Crippen molar-refractivity contribution in [3.05, 3.63) is 58.9 Å². The summed E-state index contributed by atoms with van der Waals surface area (Å²) in [5, 5.41) is 3.35. The quantitative estimate of drug-likeness (QED) is 0.699. The maximum Gasteiger partial charge on any atom is 0.247 e. The number of carbonyl (C=O) groups excluding carboxylic acids is 1. The standard InChI is InChI=1S/C26H37N3O/c1-18-16-17-27-19(2)23(18)24(25(30)28-21-10-8-7-9-11-21)29(6)22-14-12-20(13-15-22)26(3,4)5/h12-17,21,24H,7-11H2,1-6H3,(H,28,30). The van der Waals surface area contributed by atoms with Gasteiger partial charge in [0.15, 0.2) is 0 Å². The van der Waals surface area contributed by atoms with Crippen LogP contribution in [-0.4, -0.2) is 24.0 Å². The van der Waals surface area contributed by atoms with E-state index in [-0.39, 0.29) is 17.4 Å². The van der Waals surface area contributed by atoms with E-state index in [1.54, 1.807) is 0 Å². The number of rotatable bonds is 5. The number of hydrogen-bond donors (Lipinski definition) is 1. The average molecular weight is 408 g/mol. The Hall–Kier alpha value is -2.36. The van der Waals surface area contributed by atoms with Crippen molar-refractivity contribution in [2.24, 2.45) is 0 Å². The highest BCUT2D eigenvalue weighted by atomic mass is 16.2. The zero-order valence-corrected chi connectivity index (χ0v) is 19.5. The van der Waals surface area contributed by atoms with Crippen LogP contribution in [0.4, 0.5) is 5.69 Å². The molecule has 1 atom stereocenters. The van der Waals surface area contributed by atoms with E-state index in [1.807, 2.05) is 26.2 Å². The topological polar surface area (TPSA) is 45.2 Å². The van der Waals surface area contributed by atoms with Crippen LogP contribution in [0.5, 0.6) is 0 Å². The lowest BCUT2D eigenvalue weighted by Gasteiger charge is -2.33. The summed E-state index contributed by atoms with van der Waals surface area (Å²) in [5.41, 5.74) is 5.45. The first-order valence-corrected chi connectivity index (χ1v) is 11.2. The number of pyridine rings is 1. The van der Waals surface area contributed by atoms with Gasteiger partial charge in [-0.3, -0.25) is 9.78 Å². The third kappa shape index (κ3) is 5.03. The minimum atomic E-state index is -0.402. The second kappa shape index (κ2) is 9.20. The maximum absolute atomic E-state index is 13.6. The molecule has 30 heavy (non-hydrogen) atoms. The molecule has 0 bridgehead atoms. The van der Waals surface area contributed by atoms with Gasteiger partial charge < -0.3 is 10.2 Å². The molecule has 1 aliphatic rings. The van der Waals surface area contributed by atoms with Crippen LogP contribution in [0.3, 0.4) is 0 Å². The van der Waals surface area contributed by atoms with Crippen molar-refractivity contribution in [2.45, 2.75) is 84.2 Å². The van der Waals surface area contributed by atoms with Crippen molar-refractivity contribution in [1.82, 2.24) is 10.3 Å². The highest BCUT2D eigenvalue weighted by molar-refractivity contribution is 5.87. The first kappa shape index (κ1) is 22.3. The average Bonchev–Trinajstić information content (AvgIpc) is 2.70. The van der Waals surface area contributed by atoms with E-state index in [9.17, 15) is 4.79 Å². The Kier molecular flexibility index (Phi) is 6.84. The smallest absolute Gasteiger partial charge is 0.247 e. The number of likely N-dealkylation sites (N-methyl/N-ethyl adjacent to an activating group) is 1. The Balaban J connectivity index is 1.95. The molecule has 1 N–H and O–H groups in total. The normalized spacial score (nSPS) is 16.2. The van der Waals surface area contributed by atoms with E-state index in [2.05, 4.69) is 67.2 Å². The van der Waals surface area contributed by atoms with Gasteiger partial charge >= 0.3 is 0 Å². The minimum Gasteiger partial charge on any atom is -0.359 e. The number of aryl methyl sites for hydroxylation is 2. The van der Waals surface area contributed by atoms with Gasteiger partial charge in [-0.1, -0.05) is 52.2 Å². The van der Waals surface area contributed by atoms with Crippen molar-refractivity contribution >= 4 is 11.6 Å². The molecule has 1 aliphatic carbocycles. The molecule has 1 aromatic carbocycles. The summed E-state index contributed by atoms with van der Waals surface area (Å²) >= 11 is 0. The highest BCUT2D eigenvalue weighted by Gasteiger charge is 2.31. The van der Waals surface area contributed by atoms with Gasteiger partial charge in [0.1, 0.15) is 6.04 Å². The van der Waals surface area contributed by atoms with Gasteiger partial charge in [-0.15, -0.1) is 0 Å². The summed E-state index contributed by atoms with van der Waals surface area (Å²) < 4.78 is 0. The molecule has 0 spiro atoms. The second-order valence-corrected chi connectivity index (χ2v) is 9.78. The van der Waals surface area contributed by atoms with Crippen molar-refractivity contribution < 1.29 is 4.79 Å². The van der Waals surface area contributed by atoms with Crippen molar-refractivity contribution in [1.29, 1.82) is 0 Å². The van der Waals surface area contributed by atoms with E-state index in [1.165, 1.54) is 24.8 Å². The zero-order chi connectivity index (χ0) is 21.9. The van der Waals surface area contributed by atoms with Gasteiger partial charge in [0.25, 0.3) is 0 Å². The first-order chi connectivity index (χ1) is 14.2. The molecule has 1 aromatic heterocycles. The summed E-state index contributed by atoms with van der Waals surface area (Å²) in [5.74, 6) is 0.0727. The Labute approximate surface area is 182 Å². The number of benzene rings is 1. The molecule has 4 nitrogen and oxygen atoms in total. The molecule has 0 aliphatic heterocycles. The van der Waals surface area contributed by atoms with E-state index >= 15 is 0 Å². The molecule has 1 unspecified atom stereocenters. The molecular weight excluding hydrogens is 370 g/mol. The van der Waals surface area contributed by atoms with Gasteiger partial charge in [-0.2, -0.15) is 0 Å². The third-order valence-corrected chi connectivity index (χ3v) is 6.41. The Bertz CT molecular complexity index is 841. The summed E-state index contributed by atoms with van der Waals surface area (Å²) in [6.45, 7) is 10.7. The minimum absolute atomic E-state index is 0.0727. The maximum atomic E-state index is 13.6. The fourth-order valence-electron chi connectivity index (χ4n) is 4.49. The number of hydrogen-bond acceptors (Lipinski definition) is 3. The van der Waals surface area contributed by atoms with Gasteiger partial charge in [0.2, 0.25) is 5.91 Å². The van der Waals surface area contributed by atoms with E-state index in [0.717, 1.165) is 35.3 Å². The van der Waals surface area contributed by atoms with Crippen LogP contribution < -0.4 is 10.2 Å². The van der Waals surface area contributed by atoms with Crippen molar-refractivity contribution in [3.8, 4) is 0 Å². The molecule has 4 heteroatoms. The van der Waals surface area contributed by atoms with Crippen LogP contribution in [0.1, 0.15) is 81.3 Å². The fourth-order valence-corrected chi connectivity index (χ4v) is 4.49. The Morgan fingerprint density at radius 2 is 1.70 bits per heavy atom. The molecule has 1 saturated carbocycles. The summed E-state index contributed by atoms with van der Waals surface area (Å²) in [4.78, 5) is 20.2. The lowest BCUT2D eigenvalue weighted by atomic mass is 9.87. The number of nitrogens with one attached hydrogen (secondary N) is 1. The van der Waals surface area contributed by atoms with Crippen molar-refractivity contribution in [3.63, 3.8) is 0 Å². The summed E-state index contributed by atoms with van der Waals surface area (Å²) in [7, 11) is 2.02. The van der Waals surface area contributed by atoms with Crippen LogP contribution >= 0.6 is 0 Å². The lowest BCUT2D eigenvalue weighted by molar-refractivity contribution is -0.123. The fraction of sp³-hybridized carbons (Fsp3) is 0.538. The largest absolute Gasteiger partial charge is 0.359 e. The molecule has 1 heterocycles. The van der Waals surface area contributed by atoms with Crippen LogP contribution in [0.2, 0.25) is 0 Å². The first-order valence-electron chi connectivity index (χ1n) is 11.2. The molecule has 3 rings (SSSR count). The van der Waals surface area contributed by atoms with Gasteiger partial charge in [0.05, 0.1) is 0 Å². The Morgan fingerprint density at radius 1 is 1.07 bits per heavy atom. The number of carbonyl (C=O) groups is 1. The molecule has 162 valence electrons. The van der Waals surface area contributed by atoms with Gasteiger partial charge in [0, 0.05) is 36.2 Å². The number of anilines is 1. The third-order valence-electron chi connectivity index (χ3n) is 6.41. The van der Waals surface area contributed by atoms with Crippen LogP contribution in [0.15, 0.2) is 36.5 Å². The SMILES string of the molecule is Cc1ccnc(C)c1C(C(=O)NC1CCCCC1)N(C)c1ccc(C(C)(C)C)cc1. The molecular formula is C26H37N3O. The highest BCUT2D eigenvalue weighted by Crippen LogP contribution is 2.32. The number of nitrogens with zero attached hydrogens (tertiary/aromatic N) is 2. The van der Waals surface area contributed by atoms with E-state index in [4.69, 9.17) is 0 Å². The molecule has 2 aromatic rings. The van der Waals surface area contributed by atoms with Crippen LogP contribution in [-0.2, 0) is 10.2 Å². The zero-order valence-electron chi connectivity index (χ0n) is 19.5. The molecule has 0 saturated heterocycles. The lowest BCUT2D eigenvalue weighted by Crippen LogP contribution is -2.44. The molecule has 1 fully saturated rings. The van der Waals surface area contributed by atoms with E-state index in [0.29, 0.717) is 0 Å². The van der Waals surface area contributed by atoms with Crippen LogP contribution in [0, 0.1) is 13.8 Å². The van der Waals surface area contributed by atoms with Crippen LogP contribution in [0.25, 0.3) is 0 Å². The summed E-state index contributed by atoms with van der Waals surface area (Å²) in [6.07, 6.45) is 7.65. The number of aromatic nitrogens is 1. The molecule has 1 amide bonds. The van der Waals surface area contributed by atoms with Gasteiger partial charge in [-0.05, 0) is 61.4 Å². The predicted octanol–water partition coefficient (Wildman–Crippen LogP) is 5.62. The second-order valence-electron chi connectivity index (χ2n) is 9.78. The number of amides is 1. The van der Waals surface area contributed by atoms with Gasteiger partial charge in [-0.25, -0.2) is 0 Å². The summed E-state index contributed by atoms with van der Waals surface area (Å²) in [6, 6.07) is 10.5. The van der Waals surface area contributed by atoms with E-state index < -0.39 is 6.04 Å². The molecule has 0 radical (unpaired) electrons. The van der Waals surface area contributed by atoms with Crippen molar-refractivity contribution in [2.75, 3.05) is 11.9 Å². The monoisotopic (exact) mass is 407 g/mol.